The predicted octanol–water partition coefficient (Wildman–Crippen LogP) is 4.84. The molecule has 2 nitrogen and oxygen atoms in total. The Labute approximate surface area is 123 Å². The molecule has 0 unspecified atom stereocenters. The minimum Gasteiger partial charge on any atom is -0.352 e. The fourth-order valence-corrected chi connectivity index (χ4v) is 2.68. The van der Waals surface area contributed by atoms with Crippen molar-refractivity contribution in [3.63, 3.8) is 0 Å². The number of pyridine rings is 1. The zero-order chi connectivity index (χ0) is 14.8. The molecule has 2 aromatic rings. The standard InChI is InChI=1S/C13H12ClF3N2S/c1-2-19(8-10-4-3-5-20-10)12-7-9(13(15,16)17)6-11(14)18-12/h3-7H,2,8H2,1H3. The SMILES string of the molecule is CCN(Cc1cccs1)c1cc(C(F)(F)F)cc(Cl)n1. The van der Waals surface area contributed by atoms with Crippen LogP contribution < -0.4 is 4.90 Å². The van der Waals surface area contributed by atoms with Crippen molar-refractivity contribution in [2.45, 2.75) is 19.6 Å². The van der Waals surface area contributed by atoms with E-state index in [9.17, 15) is 13.2 Å². The largest absolute Gasteiger partial charge is 0.416 e. The number of nitrogens with zero attached hydrogens (tertiary/aromatic N) is 2. The quantitative estimate of drug-likeness (QED) is 0.749. The van der Waals surface area contributed by atoms with Gasteiger partial charge in [0, 0.05) is 11.4 Å². The van der Waals surface area contributed by atoms with Gasteiger partial charge in [0.2, 0.25) is 0 Å². The van der Waals surface area contributed by atoms with E-state index in [1.54, 1.807) is 16.2 Å². The highest BCUT2D eigenvalue weighted by atomic mass is 35.5. The highest BCUT2D eigenvalue weighted by molar-refractivity contribution is 7.09. The van der Waals surface area contributed by atoms with Crippen LogP contribution in [-0.2, 0) is 12.7 Å². The number of anilines is 1. The molecule has 7 heteroatoms. The average Bonchev–Trinajstić information content (AvgIpc) is 2.87. The third kappa shape index (κ3) is 3.64. The number of hydrogen-bond acceptors (Lipinski definition) is 3. The van der Waals surface area contributed by atoms with Gasteiger partial charge in [-0.3, -0.25) is 0 Å². The summed E-state index contributed by atoms with van der Waals surface area (Å²) in [5, 5.41) is 1.77. The number of halogens is 4. The number of aromatic nitrogens is 1. The fraction of sp³-hybridized carbons (Fsp3) is 0.308. The second kappa shape index (κ2) is 6.01. The summed E-state index contributed by atoms with van der Waals surface area (Å²) in [5.41, 5.74) is -0.780. The van der Waals surface area contributed by atoms with Gasteiger partial charge in [-0.25, -0.2) is 4.98 Å². The van der Waals surface area contributed by atoms with Crippen molar-refractivity contribution < 1.29 is 13.2 Å². The number of hydrogen-bond donors (Lipinski definition) is 0. The van der Waals surface area contributed by atoms with E-state index >= 15 is 0 Å². The number of rotatable bonds is 4. The lowest BCUT2D eigenvalue weighted by molar-refractivity contribution is -0.137. The highest BCUT2D eigenvalue weighted by Crippen LogP contribution is 2.33. The van der Waals surface area contributed by atoms with Gasteiger partial charge >= 0.3 is 6.18 Å². The molecule has 0 fully saturated rings. The Kier molecular flexibility index (Phi) is 4.55. The monoisotopic (exact) mass is 320 g/mol. The lowest BCUT2D eigenvalue weighted by Crippen LogP contribution is -2.23. The molecule has 0 aliphatic rings. The van der Waals surface area contributed by atoms with Crippen LogP contribution >= 0.6 is 22.9 Å². The van der Waals surface area contributed by atoms with Crippen molar-refractivity contribution in [1.29, 1.82) is 0 Å². The molecule has 2 aromatic heterocycles. The van der Waals surface area contributed by atoms with E-state index in [1.165, 1.54) is 0 Å². The molecule has 0 saturated carbocycles. The second-order valence-electron chi connectivity index (χ2n) is 4.13. The topological polar surface area (TPSA) is 16.1 Å². The third-order valence-corrected chi connectivity index (χ3v) is 3.80. The molecule has 0 atom stereocenters. The molecule has 0 aromatic carbocycles. The summed E-state index contributed by atoms with van der Waals surface area (Å²) in [4.78, 5) is 6.81. The van der Waals surface area contributed by atoms with Gasteiger partial charge in [-0.2, -0.15) is 13.2 Å². The van der Waals surface area contributed by atoms with Gasteiger partial charge in [-0.05, 0) is 30.5 Å². The fourth-order valence-electron chi connectivity index (χ4n) is 1.75. The van der Waals surface area contributed by atoms with Crippen molar-refractivity contribution in [3.8, 4) is 0 Å². The minimum absolute atomic E-state index is 0.153. The molecule has 0 aliphatic carbocycles. The van der Waals surface area contributed by atoms with Crippen LogP contribution in [0, 0.1) is 0 Å². The summed E-state index contributed by atoms with van der Waals surface area (Å²) in [7, 11) is 0. The molecular formula is C13H12ClF3N2S. The van der Waals surface area contributed by atoms with Gasteiger partial charge in [-0.1, -0.05) is 17.7 Å². The summed E-state index contributed by atoms with van der Waals surface area (Å²) in [6.45, 7) is 2.92. The molecule has 0 radical (unpaired) electrons. The van der Waals surface area contributed by atoms with Crippen LogP contribution in [0.1, 0.15) is 17.4 Å². The molecule has 0 N–H and O–H groups in total. The van der Waals surface area contributed by atoms with Crippen LogP contribution in [0.4, 0.5) is 19.0 Å². The van der Waals surface area contributed by atoms with Gasteiger partial charge < -0.3 is 4.90 Å². The van der Waals surface area contributed by atoms with E-state index < -0.39 is 11.7 Å². The van der Waals surface area contributed by atoms with Crippen LogP contribution in [0.25, 0.3) is 0 Å². The Bertz CT molecular complexity index is 569. The van der Waals surface area contributed by atoms with Crippen molar-refractivity contribution in [2.75, 3.05) is 11.4 Å². The molecule has 108 valence electrons. The first-order chi connectivity index (χ1) is 9.40. The Hall–Kier alpha value is -1.27. The molecule has 2 heterocycles. The van der Waals surface area contributed by atoms with Crippen molar-refractivity contribution in [1.82, 2.24) is 4.98 Å². The normalized spacial score (nSPS) is 11.7. The Morgan fingerprint density at radius 1 is 1.35 bits per heavy atom. The molecule has 0 bridgehead atoms. The van der Waals surface area contributed by atoms with Gasteiger partial charge in [-0.15, -0.1) is 11.3 Å². The Balaban J connectivity index is 2.32. The average molecular weight is 321 g/mol. The third-order valence-electron chi connectivity index (χ3n) is 2.74. The summed E-state index contributed by atoms with van der Waals surface area (Å²) in [5.74, 6) is 0.237. The first kappa shape index (κ1) is 15.1. The smallest absolute Gasteiger partial charge is 0.352 e. The van der Waals surface area contributed by atoms with E-state index in [1.807, 2.05) is 24.4 Å². The van der Waals surface area contributed by atoms with Crippen LogP contribution in [0.5, 0.6) is 0 Å². The molecule has 0 amide bonds. The molecule has 2 rings (SSSR count). The van der Waals surface area contributed by atoms with Gasteiger partial charge in [0.15, 0.2) is 0 Å². The second-order valence-corrected chi connectivity index (χ2v) is 5.55. The van der Waals surface area contributed by atoms with Gasteiger partial charge in [0.1, 0.15) is 11.0 Å². The summed E-state index contributed by atoms with van der Waals surface area (Å²) in [6.07, 6.45) is -4.43. The highest BCUT2D eigenvalue weighted by Gasteiger charge is 2.32. The first-order valence-corrected chi connectivity index (χ1v) is 7.18. The Morgan fingerprint density at radius 3 is 2.65 bits per heavy atom. The van der Waals surface area contributed by atoms with Crippen molar-refractivity contribution >= 4 is 28.8 Å². The maximum Gasteiger partial charge on any atom is 0.416 e. The summed E-state index contributed by atoms with van der Waals surface area (Å²) in [6, 6.07) is 5.70. The van der Waals surface area contributed by atoms with E-state index in [0.717, 1.165) is 17.0 Å². The molecule has 0 spiro atoms. The van der Waals surface area contributed by atoms with Gasteiger partial charge in [0.05, 0.1) is 12.1 Å². The van der Waals surface area contributed by atoms with Crippen LogP contribution in [0.3, 0.4) is 0 Å². The lowest BCUT2D eigenvalue weighted by Gasteiger charge is -2.22. The predicted molar refractivity (Wildman–Crippen MR) is 75.3 cm³/mol. The summed E-state index contributed by atoms with van der Waals surface area (Å²) >= 11 is 7.25. The molecule has 0 saturated heterocycles. The number of thiophene rings is 1. The van der Waals surface area contributed by atoms with Crippen molar-refractivity contribution in [2.24, 2.45) is 0 Å². The summed E-state index contributed by atoms with van der Waals surface area (Å²) < 4.78 is 38.4. The van der Waals surface area contributed by atoms with E-state index in [0.29, 0.717) is 13.1 Å². The Morgan fingerprint density at radius 2 is 2.10 bits per heavy atom. The maximum atomic E-state index is 12.8. The zero-order valence-corrected chi connectivity index (χ0v) is 12.2. The molecule has 0 aliphatic heterocycles. The van der Waals surface area contributed by atoms with Gasteiger partial charge in [0.25, 0.3) is 0 Å². The molecule has 20 heavy (non-hydrogen) atoms. The lowest BCUT2D eigenvalue weighted by atomic mass is 10.2. The zero-order valence-electron chi connectivity index (χ0n) is 10.6. The van der Waals surface area contributed by atoms with Crippen LogP contribution in [0.15, 0.2) is 29.6 Å². The minimum atomic E-state index is -4.43. The van der Waals surface area contributed by atoms with Crippen LogP contribution in [-0.4, -0.2) is 11.5 Å². The van der Waals surface area contributed by atoms with E-state index in [2.05, 4.69) is 4.98 Å². The van der Waals surface area contributed by atoms with Crippen molar-refractivity contribution in [3.05, 3.63) is 45.2 Å². The molecular weight excluding hydrogens is 309 g/mol. The van der Waals surface area contributed by atoms with E-state index in [4.69, 9.17) is 11.6 Å². The van der Waals surface area contributed by atoms with Crippen LogP contribution in [0.2, 0.25) is 5.15 Å². The number of alkyl halides is 3. The first-order valence-electron chi connectivity index (χ1n) is 5.92. The maximum absolute atomic E-state index is 12.8. The van der Waals surface area contributed by atoms with E-state index in [-0.39, 0.29) is 11.0 Å².